The molecule has 0 atom stereocenters. The Balaban J connectivity index is 2.23. The summed E-state index contributed by atoms with van der Waals surface area (Å²) in [5.41, 5.74) is 2.89. The molecule has 0 heterocycles. The van der Waals surface area contributed by atoms with Crippen molar-refractivity contribution < 1.29 is 14.6 Å². The number of rotatable bonds is 5. The number of benzene rings is 2. The van der Waals surface area contributed by atoms with Crippen LogP contribution in [0.5, 0.6) is 5.75 Å². The Morgan fingerprint density at radius 1 is 1.29 bits per heavy atom. The van der Waals surface area contributed by atoms with Gasteiger partial charge in [-0.15, -0.1) is 0 Å². The maximum Gasteiger partial charge on any atom is 0.188 e. The lowest BCUT2D eigenvalue weighted by molar-refractivity contribution is 0.0848. The van der Waals surface area contributed by atoms with Crippen molar-refractivity contribution in [3.05, 3.63) is 59.2 Å². The minimum atomic E-state index is -0.0899. The second-order valence-electron chi connectivity index (χ2n) is 4.73. The molecule has 0 radical (unpaired) electrons. The van der Waals surface area contributed by atoms with E-state index in [1.54, 1.807) is 36.5 Å². The third kappa shape index (κ3) is 4.00. The number of aromatic hydroxyl groups is 1. The Morgan fingerprint density at radius 3 is 2.86 bits per heavy atom. The summed E-state index contributed by atoms with van der Waals surface area (Å²) in [4.78, 5) is 16.1. The molecule has 0 aliphatic rings. The molecule has 4 nitrogen and oxygen atoms in total. The van der Waals surface area contributed by atoms with E-state index in [0.717, 1.165) is 5.56 Å². The van der Waals surface area contributed by atoms with E-state index in [1.165, 1.54) is 7.11 Å². The zero-order chi connectivity index (χ0) is 15.2. The Hall–Kier alpha value is -2.46. The zero-order valence-electron chi connectivity index (χ0n) is 12.0. The molecule has 0 amide bonds. The quantitative estimate of drug-likeness (QED) is 0.676. The van der Waals surface area contributed by atoms with Crippen molar-refractivity contribution in [3.8, 4) is 5.75 Å². The fraction of sp³-hybridized carbons (Fsp3) is 0.176. The number of methoxy groups -OCH3 is 1. The van der Waals surface area contributed by atoms with Gasteiger partial charge in [-0.25, -0.2) is 0 Å². The number of hydrogen-bond donors (Lipinski definition) is 1. The summed E-state index contributed by atoms with van der Waals surface area (Å²) in [7, 11) is 1.49. The van der Waals surface area contributed by atoms with Gasteiger partial charge in [-0.05, 0) is 31.2 Å². The fourth-order valence-electron chi connectivity index (χ4n) is 1.90. The second kappa shape index (κ2) is 6.81. The van der Waals surface area contributed by atoms with Gasteiger partial charge in [0.1, 0.15) is 12.4 Å². The normalized spacial score (nSPS) is 11.0. The highest BCUT2D eigenvalue weighted by Gasteiger charge is 2.05. The van der Waals surface area contributed by atoms with Gasteiger partial charge in [-0.3, -0.25) is 9.79 Å². The van der Waals surface area contributed by atoms with Crippen LogP contribution in [0.2, 0.25) is 0 Å². The number of Topliss-reactive ketones (excluding diaryl/α,β-unsaturated/α-hetero) is 1. The molecule has 2 aromatic carbocycles. The summed E-state index contributed by atoms with van der Waals surface area (Å²) in [5.74, 6) is 0.0870. The SMILES string of the molecule is COCC(=O)c1cccc(N=Cc2cc(C)ccc2O)c1. The molecule has 108 valence electrons. The first-order chi connectivity index (χ1) is 10.1. The number of carbonyl (C=O) groups is 1. The predicted molar refractivity (Wildman–Crippen MR) is 82.7 cm³/mol. The van der Waals surface area contributed by atoms with E-state index in [2.05, 4.69) is 4.99 Å². The maximum atomic E-state index is 11.8. The third-order valence-corrected chi connectivity index (χ3v) is 2.98. The van der Waals surface area contributed by atoms with Crippen molar-refractivity contribution in [1.82, 2.24) is 0 Å². The van der Waals surface area contributed by atoms with Crippen molar-refractivity contribution in [2.45, 2.75) is 6.92 Å². The lowest BCUT2D eigenvalue weighted by Crippen LogP contribution is -2.06. The van der Waals surface area contributed by atoms with Crippen molar-refractivity contribution in [2.75, 3.05) is 13.7 Å². The van der Waals surface area contributed by atoms with Gasteiger partial charge in [-0.2, -0.15) is 0 Å². The topological polar surface area (TPSA) is 58.9 Å². The van der Waals surface area contributed by atoms with E-state index in [4.69, 9.17) is 4.74 Å². The molecular weight excluding hydrogens is 266 g/mol. The Kier molecular flexibility index (Phi) is 4.85. The minimum Gasteiger partial charge on any atom is -0.507 e. The molecule has 2 rings (SSSR count). The highest BCUT2D eigenvalue weighted by Crippen LogP contribution is 2.19. The molecule has 4 heteroatoms. The predicted octanol–water partition coefficient (Wildman–Crippen LogP) is 3.28. The molecule has 0 saturated carbocycles. The van der Waals surface area contributed by atoms with Crippen LogP contribution < -0.4 is 0 Å². The van der Waals surface area contributed by atoms with Gasteiger partial charge in [-0.1, -0.05) is 23.8 Å². The molecule has 0 spiro atoms. The molecule has 0 unspecified atom stereocenters. The van der Waals surface area contributed by atoms with E-state index < -0.39 is 0 Å². The Morgan fingerprint density at radius 2 is 2.10 bits per heavy atom. The van der Waals surface area contributed by atoms with Crippen molar-refractivity contribution in [3.63, 3.8) is 0 Å². The highest BCUT2D eigenvalue weighted by molar-refractivity contribution is 5.98. The zero-order valence-corrected chi connectivity index (χ0v) is 12.0. The minimum absolute atomic E-state index is 0.0475. The first-order valence-electron chi connectivity index (χ1n) is 6.56. The van der Waals surface area contributed by atoms with Crippen LogP contribution in [0, 0.1) is 6.92 Å². The number of aliphatic imine (C=N–C) groups is 1. The van der Waals surface area contributed by atoms with Crippen LogP contribution >= 0.6 is 0 Å². The number of ether oxygens (including phenoxy) is 1. The smallest absolute Gasteiger partial charge is 0.188 e. The van der Waals surface area contributed by atoms with Crippen LogP contribution in [-0.4, -0.2) is 30.8 Å². The molecule has 2 aromatic rings. The van der Waals surface area contributed by atoms with E-state index in [9.17, 15) is 9.90 Å². The van der Waals surface area contributed by atoms with Crippen molar-refractivity contribution in [2.24, 2.45) is 4.99 Å². The van der Waals surface area contributed by atoms with Crippen LogP contribution in [0.4, 0.5) is 5.69 Å². The number of aryl methyl sites for hydroxylation is 1. The van der Waals surface area contributed by atoms with Crippen molar-refractivity contribution >= 4 is 17.7 Å². The van der Waals surface area contributed by atoms with Crippen molar-refractivity contribution in [1.29, 1.82) is 0 Å². The Labute approximate surface area is 123 Å². The van der Waals surface area contributed by atoms with Crippen LogP contribution in [0.25, 0.3) is 0 Å². The largest absolute Gasteiger partial charge is 0.507 e. The van der Waals surface area contributed by atoms with Gasteiger partial charge in [0.25, 0.3) is 0 Å². The third-order valence-electron chi connectivity index (χ3n) is 2.98. The van der Waals surface area contributed by atoms with E-state index in [1.807, 2.05) is 19.1 Å². The Bertz CT molecular complexity index is 677. The maximum absolute atomic E-state index is 11.8. The lowest BCUT2D eigenvalue weighted by Gasteiger charge is -2.02. The second-order valence-corrected chi connectivity index (χ2v) is 4.73. The summed E-state index contributed by atoms with van der Waals surface area (Å²) in [6, 6.07) is 12.3. The molecule has 1 N–H and O–H groups in total. The number of phenolic OH excluding ortho intramolecular Hbond substituents is 1. The fourth-order valence-corrected chi connectivity index (χ4v) is 1.90. The van der Waals surface area contributed by atoms with E-state index in [-0.39, 0.29) is 18.1 Å². The average molecular weight is 283 g/mol. The van der Waals surface area contributed by atoms with Crippen LogP contribution in [0.3, 0.4) is 0 Å². The lowest BCUT2D eigenvalue weighted by atomic mass is 10.1. The van der Waals surface area contributed by atoms with Crippen LogP contribution in [-0.2, 0) is 4.74 Å². The number of carbonyl (C=O) groups excluding carboxylic acids is 1. The molecule has 21 heavy (non-hydrogen) atoms. The van der Waals surface area contributed by atoms with Gasteiger partial charge >= 0.3 is 0 Å². The highest BCUT2D eigenvalue weighted by atomic mass is 16.5. The molecule has 0 bridgehead atoms. The van der Waals surface area contributed by atoms with Gasteiger partial charge in [0.2, 0.25) is 0 Å². The monoisotopic (exact) mass is 283 g/mol. The first kappa shape index (κ1) is 14.9. The summed E-state index contributed by atoms with van der Waals surface area (Å²) in [6.45, 7) is 1.99. The van der Waals surface area contributed by atoms with E-state index in [0.29, 0.717) is 16.8 Å². The molecule has 0 aliphatic heterocycles. The number of nitrogens with zero attached hydrogens (tertiary/aromatic N) is 1. The van der Waals surface area contributed by atoms with E-state index >= 15 is 0 Å². The summed E-state index contributed by atoms with van der Waals surface area (Å²) in [6.07, 6.45) is 1.59. The standard InChI is InChI=1S/C17H17NO3/c1-12-6-7-16(19)14(8-12)10-18-15-5-3-4-13(9-15)17(20)11-21-2/h3-10,19H,11H2,1-2H3. The van der Waals surface area contributed by atoms with Crippen LogP contribution in [0.1, 0.15) is 21.5 Å². The molecule has 0 fully saturated rings. The summed E-state index contributed by atoms with van der Waals surface area (Å²) < 4.78 is 4.84. The number of phenols is 1. The number of ketones is 1. The molecule has 0 aliphatic carbocycles. The van der Waals surface area contributed by atoms with Gasteiger partial charge in [0, 0.05) is 24.5 Å². The molecular formula is C17H17NO3. The van der Waals surface area contributed by atoms with Crippen LogP contribution in [0.15, 0.2) is 47.5 Å². The first-order valence-corrected chi connectivity index (χ1v) is 6.56. The molecule has 0 saturated heterocycles. The summed E-state index contributed by atoms with van der Waals surface area (Å²) >= 11 is 0. The molecule has 0 aromatic heterocycles. The van der Waals surface area contributed by atoms with Gasteiger partial charge in [0.15, 0.2) is 5.78 Å². The average Bonchev–Trinajstić information content (AvgIpc) is 2.49. The van der Waals surface area contributed by atoms with Gasteiger partial charge < -0.3 is 9.84 Å². The number of hydrogen-bond acceptors (Lipinski definition) is 4. The summed E-state index contributed by atoms with van der Waals surface area (Å²) in [5, 5.41) is 9.76. The van der Waals surface area contributed by atoms with Gasteiger partial charge in [0.05, 0.1) is 5.69 Å².